The van der Waals surface area contributed by atoms with Gasteiger partial charge in [-0.15, -0.1) is 0 Å². The van der Waals surface area contributed by atoms with Crippen LogP contribution >= 0.6 is 0 Å². The maximum Gasteiger partial charge on any atom is 0.140 e. The van der Waals surface area contributed by atoms with Crippen molar-refractivity contribution in [1.82, 2.24) is 20.1 Å². The second-order valence-electron chi connectivity index (χ2n) is 6.32. The molecule has 1 aromatic heterocycles. The summed E-state index contributed by atoms with van der Waals surface area (Å²) >= 11 is 0. The zero-order valence-corrected chi connectivity index (χ0v) is 12.6. The lowest BCUT2D eigenvalue weighted by Gasteiger charge is -2.28. The number of aromatic nitrogens is 3. The molecular formula is C15H28N4. The average Bonchev–Trinajstić information content (AvgIpc) is 2.83. The molecule has 1 fully saturated rings. The summed E-state index contributed by atoms with van der Waals surface area (Å²) in [5.41, 5.74) is 0. The lowest BCUT2D eigenvalue weighted by Crippen LogP contribution is -2.35. The Kier molecular flexibility index (Phi) is 5.37. The fourth-order valence-electron chi connectivity index (χ4n) is 2.98. The second kappa shape index (κ2) is 7.04. The normalized spacial score (nSPS) is 18.9. The molecule has 1 atom stereocenters. The zero-order chi connectivity index (χ0) is 13.7. The van der Waals surface area contributed by atoms with E-state index in [1.54, 1.807) is 6.33 Å². The Morgan fingerprint density at radius 1 is 1.26 bits per heavy atom. The quantitative estimate of drug-likeness (QED) is 0.859. The summed E-state index contributed by atoms with van der Waals surface area (Å²) in [6.45, 7) is 8.53. The molecule has 0 radical (unpaired) electrons. The minimum atomic E-state index is 0.588. The summed E-state index contributed by atoms with van der Waals surface area (Å²) in [6.07, 6.45) is 8.66. The molecule has 4 nitrogen and oxygen atoms in total. The van der Waals surface area contributed by atoms with Crippen LogP contribution in [0.25, 0.3) is 0 Å². The van der Waals surface area contributed by atoms with E-state index >= 15 is 0 Å². The van der Waals surface area contributed by atoms with Crippen molar-refractivity contribution in [1.29, 1.82) is 0 Å². The Hall–Kier alpha value is -0.900. The summed E-state index contributed by atoms with van der Waals surface area (Å²) in [7, 11) is 0. The number of hydrogen-bond acceptors (Lipinski definition) is 3. The Morgan fingerprint density at radius 3 is 2.68 bits per heavy atom. The van der Waals surface area contributed by atoms with Gasteiger partial charge in [-0.2, -0.15) is 5.10 Å². The summed E-state index contributed by atoms with van der Waals surface area (Å²) < 4.78 is 2.03. The lowest BCUT2D eigenvalue weighted by atomic mass is 9.84. The van der Waals surface area contributed by atoms with Crippen molar-refractivity contribution < 1.29 is 0 Å². The van der Waals surface area contributed by atoms with Gasteiger partial charge in [0, 0.05) is 12.6 Å². The summed E-state index contributed by atoms with van der Waals surface area (Å²) in [5.74, 6) is 2.52. The van der Waals surface area contributed by atoms with Crippen LogP contribution in [0.4, 0.5) is 0 Å². The molecule has 19 heavy (non-hydrogen) atoms. The largest absolute Gasteiger partial charge is 0.307 e. The minimum absolute atomic E-state index is 0.588. The van der Waals surface area contributed by atoms with Gasteiger partial charge in [0.15, 0.2) is 0 Å². The first-order valence-electron chi connectivity index (χ1n) is 7.77. The smallest absolute Gasteiger partial charge is 0.140 e. The van der Waals surface area contributed by atoms with Crippen LogP contribution in [-0.4, -0.2) is 20.8 Å². The van der Waals surface area contributed by atoms with Crippen molar-refractivity contribution >= 4 is 0 Å². The van der Waals surface area contributed by atoms with E-state index in [0.29, 0.717) is 12.0 Å². The fourth-order valence-corrected chi connectivity index (χ4v) is 2.98. The summed E-state index contributed by atoms with van der Waals surface area (Å²) in [5, 5.41) is 7.96. The number of nitrogens with one attached hydrogen (secondary N) is 1. The fraction of sp³-hybridized carbons (Fsp3) is 0.867. The van der Waals surface area contributed by atoms with Crippen molar-refractivity contribution in [3.63, 3.8) is 0 Å². The predicted octanol–water partition coefficient (Wildman–Crippen LogP) is 2.99. The molecule has 1 heterocycles. The third-order valence-corrected chi connectivity index (χ3v) is 4.17. The third-order valence-electron chi connectivity index (χ3n) is 4.17. The van der Waals surface area contributed by atoms with Gasteiger partial charge in [0.25, 0.3) is 0 Å². The van der Waals surface area contributed by atoms with Gasteiger partial charge in [0.1, 0.15) is 12.2 Å². The van der Waals surface area contributed by atoms with Crippen LogP contribution in [0, 0.1) is 11.8 Å². The van der Waals surface area contributed by atoms with Crippen molar-refractivity contribution in [3.05, 3.63) is 12.2 Å². The van der Waals surface area contributed by atoms with E-state index in [-0.39, 0.29) is 0 Å². The first-order chi connectivity index (χ1) is 9.16. The first-order valence-corrected chi connectivity index (χ1v) is 7.77. The number of hydrogen-bond donors (Lipinski definition) is 1. The monoisotopic (exact) mass is 264 g/mol. The topological polar surface area (TPSA) is 42.7 Å². The molecular weight excluding hydrogens is 236 g/mol. The Balaban J connectivity index is 1.82. The second-order valence-corrected chi connectivity index (χ2v) is 6.32. The van der Waals surface area contributed by atoms with Gasteiger partial charge in [-0.3, -0.25) is 0 Å². The maximum atomic E-state index is 4.38. The summed E-state index contributed by atoms with van der Waals surface area (Å²) in [4.78, 5) is 4.38. The molecule has 1 N–H and O–H groups in total. The van der Waals surface area contributed by atoms with Crippen LogP contribution in [0.15, 0.2) is 6.33 Å². The molecule has 2 rings (SSSR count). The van der Waals surface area contributed by atoms with Crippen molar-refractivity contribution in [3.8, 4) is 0 Å². The predicted molar refractivity (Wildman–Crippen MR) is 77.7 cm³/mol. The van der Waals surface area contributed by atoms with Crippen LogP contribution in [0.2, 0.25) is 0 Å². The van der Waals surface area contributed by atoms with E-state index in [9.17, 15) is 0 Å². The average molecular weight is 264 g/mol. The number of rotatable bonds is 6. The van der Waals surface area contributed by atoms with Crippen LogP contribution < -0.4 is 5.32 Å². The zero-order valence-electron chi connectivity index (χ0n) is 12.6. The molecule has 1 aromatic rings. The molecule has 0 aliphatic heterocycles. The highest BCUT2D eigenvalue weighted by molar-refractivity contribution is 4.86. The highest BCUT2D eigenvalue weighted by atomic mass is 15.3. The van der Waals surface area contributed by atoms with Crippen LogP contribution in [0.1, 0.15) is 58.7 Å². The van der Waals surface area contributed by atoms with Gasteiger partial charge in [-0.25, -0.2) is 9.67 Å². The van der Waals surface area contributed by atoms with Crippen molar-refractivity contribution in [2.45, 2.75) is 72.0 Å². The van der Waals surface area contributed by atoms with Gasteiger partial charge in [0.2, 0.25) is 0 Å². The van der Waals surface area contributed by atoms with E-state index in [0.717, 1.165) is 24.8 Å². The molecule has 0 spiro atoms. The highest BCUT2D eigenvalue weighted by Gasteiger charge is 2.20. The molecule has 1 aliphatic rings. The molecule has 0 saturated heterocycles. The molecule has 1 saturated carbocycles. The van der Waals surface area contributed by atoms with E-state index in [2.05, 4.69) is 36.2 Å². The number of nitrogens with zero attached hydrogens (tertiary/aromatic N) is 3. The molecule has 0 unspecified atom stereocenters. The van der Waals surface area contributed by atoms with Gasteiger partial charge in [-0.05, 0) is 31.6 Å². The first kappa shape index (κ1) is 14.5. The molecule has 0 aromatic carbocycles. The molecule has 0 bridgehead atoms. The molecule has 108 valence electrons. The van der Waals surface area contributed by atoms with Gasteiger partial charge < -0.3 is 5.32 Å². The Bertz CT molecular complexity index is 366. The van der Waals surface area contributed by atoms with Crippen LogP contribution in [-0.2, 0) is 13.1 Å². The van der Waals surface area contributed by atoms with Crippen LogP contribution in [0.3, 0.4) is 0 Å². The standard InChI is InChI=1S/C15H28N4/c1-12(2)10-19-15(17-11-18-19)9-16-13(3)14-7-5-4-6-8-14/h11-14,16H,4-10H2,1-3H3/t13-/m0/s1. The van der Waals surface area contributed by atoms with E-state index < -0.39 is 0 Å². The van der Waals surface area contributed by atoms with Gasteiger partial charge in [-0.1, -0.05) is 33.1 Å². The molecule has 0 amide bonds. The SMILES string of the molecule is CC(C)Cn1ncnc1CN[C@@H](C)C1CCCCC1. The minimum Gasteiger partial charge on any atom is -0.307 e. The lowest BCUT2D eigenvalue weighted by molar-refractivity contribution is 0.277. The van der Waals surface area contributed by atoms with Gasteiger partial charge in [0.05, 0.1) is 6.54 Å². The third kappa shape index (κ3) is 4.30. The van der Waals surface area contributed by atoms with Crippen molar-refractivity contribution in [2.24, 2.45) is 11.8 Å². The van der Waals surface area contributed by atoms with E-state index in [1.165, 1.54) is 32.1 Å². The van der Waals surface area contributed by atoms with E-state index in [4.69, 9.17) is 0 Å². The summed E-state index contributed by atoms with van der Waals surface area (Å²) in [6, 6.07) is 0.588. The van der Waals surface area contributed by atoms with Gasteiger partial charge >= 0.3 is 0 Å². The highest BCUT2D eigenvalue weighted by Crippen LogP contribution is 2.26. The Morgan fingerprint density at radius 2 is 2.00 bits per heavy atom. The van der Waals surface area contributed by atoms with Crippen molar-refractivity contribution in [2.75, 3.05) is 0 Å². The molecule has 4 heteroatoms. The van der Waals surface area contributed by atoms with E-state index in [1.807, 2.05) is 4.68 Å². The molecule has 1 aliphatic carbocycles. The Labute approximate surface area is 117 Å². The maximum absolute atomic E-state index is 4.38. The van der Waals surface area contributed by atoms with Crippen LogP contribution in [0.5, 0.6) is 0 Å².